The molecule has 2 aromatic carbocycles. The van der Waals surface area contributed by atoms with E-state index in [0.717, 1.165) is 26.7 Å². The predicted molar refractivity (Wildman–Crippen MR) is 104 cm³/mol. The van der Waals surface area contributed by atoms with Gasteiger partial charge in [0.05, 0.1) is 15.1 Å². The van der Waals surface area contributed by atoms with Crippen LogP contribution in [0.25, 0.3) is 10.2 Å². The van der Waals surface area contributed by atoms with Crippen LogP contribution in [0.15, 0.2) is 53.4 Å². The third kappa shape index (κ3) is 4.68. The summed E-state index contributed by atoms with van der Waals surface area (Å²) in [5.41, 5.74) is 0.822. The van der Waals surface area contributed by atoms with E-state index >= 15 is 0 Å². The van der Waals surface area contributed by atoms with E-state index in [1.54, 1.807) is 0 Å². The van der Waals surface area contributed by atoms with E-state index in [0.29, 0.717) is 11.6 Å². The molecule has 0 unspecified atom stereocenters. The Labute approximate surface area is 160 Å². The predicted octanol–water partition coefficient (Wildman–Crippen LogP) is 3.47. The highest BCUT2D eigenvalue weighted by Gasteiger charge is 2.20. The van der Waals surface area contributed by atoms with Gasteiger partial charge in [-0.05, 0) is 42.8 Å². The number of hydrogen-bond acceptors (Lipinski definition) is 5. The highest BCUT2D eigenvalue weighted by molar-refractivity contribution is 7.89. The Morgan fingerprint density at radius 2 is 1.89 bits per heavy atom. The number of nitrogens with zero attached hydrogens (tertiary/aromatic N) is 2. The number of hydrogen-bond donors (Lipinski definition) is 1. The average Bonchev–Trinajstić information content (AvgIpc) is 3.04. The van der Waals surface area contributed by atoms with Gasteiger partial charge in [-0.25, -0.2) is 22.1 Å². The molecule has 9 heteroatoms. The maximum atomic E-state index is 13.0. The average molecular weight is 407 g/mol. The molecule has 0 bridgehead atoms. The number of anilines is 1. The molecule has 0 fully saturated rings. The molecule has 1 N–H and O–H groups in total. The van der Waals surface area contributed by atoms with Crippen LogP contribution in [0.2, 0.25) is 0 Å². The Hall–Kier alpha value is -2.36. The van der Waals surface area contributed by atoms with Crippen LogP contribution >= 0.6 is 11.3 Å². The van der Waals surface area contributed by atoms with Gasteiger partial charge in [-0.2, -0.15) is 0 Å². The maximum absolute atomic E-state index is 13.0. The molecule has 0 aliphatic heterocycles. The number of para-hydroxylation sites is 1. The first-order chi connectivity index (χ1) is 12.9. The lowest BCUT2D eigenvalue weighted by Gasteiger charge is -2.16. The first-order valence-corrected chi connectivity index (χ1v) is 10.5. The molecule has 0 saturated carbocycles. The largest absolute Gasteiger partial charge is 0.302 e. The van der Waals surface area contributed by atoms with Crippen molar-refractivity contribution >= 4 is 42.6 Å². The summed E-state index contributed by atoms with van der Waals surface area (Å²) in [6.45, 7) is 0.174. The number of fused-ring (bicyclic) bond motifs is 1. The molecule has 1 aromatic heterocycles. The quantitative estimate of drug-likeness (QED) is 0.650. The summed E-state index contributed by atoms with van der Waals surface area (Å²) in [5, 5.41) is 3.26. The molecule has 0 atom stereocenters. The molecule has 0 spiro atoms. The lowest BCUT2D eigenvalue weighted by molar-refractivity contribution is -0.116. The molecular weight excluding hydrogens is 389 g/mol. The zero-order valence-electron chi connectivity index (χ0n) is 14.6. The monoisotopic (exact) mass is 407 g/mol. The summed E-state index contributed by atoms with van der Waals surface area (Å²) in [5.74, 6) is -0.718. The SMILES string of the molecule is CN(CCCC(=O)Nc1nc2ccccc2s1)S(=O)(=O)c1ccc(F)cc1. The Kier molecular flexibility index (Phi) is 5.83. The van der Waals surface area contributed by atoms with Crippen LogP contribution in [0.1, 0.15) is 12.8 Å². The van der Waals surface area contributed by atoms with Crippen LogP contribution in [-0.2, 0) is 14.8 Å². The number of benzene rings is 2. The van der Waals surface area contributed by atoms with Crippen molar-refractivity contribution in [3.63, 3.8) is 0 Å². The highest BCUT2D eigenvalue weighted by Crippen LogP contribution is 2.25. The zero-order chi connectivity index (χ0) is 19.4. The van der Waals surface area contributed by atoms with Crippen molar-refractivity contribution in [2.45, 2.75) is 17.7 Å². The molecule has 6 nitrogen and oxygen atoms in total. The molecule has 27 heavy (non-hydrogen) atoms. The molecular formula is C18H18FN3O3S2. The molecule has 142 valence electrons. The first-order valence-electron chi connectivity index (χ1n) is 8.23. The van der Waals surface area contributed by atoms with Crippen LogP contribution in [-0.4, -0.2) is 37.2 Å². The number of halogens is 1. The fraction of sp³-hybridized carbons (Fsp3) is 0.222. The van der Waals surface area contributed by atoms with Gasteiger partial charge in [-0.3, -0.25) is 4.79 Å². The maximum Gasteiger partial charge on any atom is 0.242 e. The Balaban J connectivity index is 1.52. The molecule has 3 rings (SSSR count). The number of thiazole rings is 1. The zero-order valence-corrected chi connectivity index (χ0v) is 16.2. The molecule has 0 aliphatic rings. The van der Waals surface area contributed by atoms with Crippen molar-refractivity contribution < 1.29 is 17.6 Å². The van der Waals surface area contributed by atoms with Gasteiger partial charge in [-0.1, -0.05) is 23.5 Å². The van der Waals surface area contributed by atoms with Crippen LogP contribution in [0, 0.1) is 5.82 Å². The first kappa shape index (κ1) is 19.4. The van der Waals surface area contributed by atoms with Crippen molar-refractivity contribution in [1.82, 2.24) is 9.29 Å². The number of aromatic nitrogens is 1. The van der Waals surface area contributed by atoms with Crippen LogP contribution in [0.5, 0.6) is 0 Å². The van der Waals surface area contributed by atoms with E-state index in [2.05, 4.69) is 10.3 Å². The van der Waals surface area contributed by atoms with Crippen LogP contribution < -0.4 is 5.32 Å². The van der Waals surface area contributed by atoms with Crippen molar-refractivity contribution in [2.24, 2.45) is 0 Å². The number of amides is 1. The second-order valence-electron chi connectivity index (χ2n) is 5.92. The standard InChI is InChI=1S/C18H18FN3O3S2/c1-22(27(24,25)14-10-8-13(19)9-11-14)12-4-7-17(23)21-18-20-15-5-2-3-6-16(15)26-18/h2-3,5-6,8-11H,4,7,12H2,1H3,(H,20,21,23). The van der Waals surface area contributed by atoms with Crippen molar-refractivity contribution in [3.05, 3.63) is 54.3 Å². The van der Waals surface area contributed by atoms with Gasteiger partial charge in [-0.15, -0.1) is 0 Å². The molecule has 0 aliphatic carbocycles. The molecule has 1 amide bonds. The summed E-state index contributed by atoms with van der Waals surface area (Å²) >= 11 is 1.39. The molecule has 0 saturated heterocycles. The van der Waals surface area contributed by atoms with E-state index in [4.69, 9.17) is 0 Å². The summed E-state index contributed by atoms with van der Waals surface area (Å²) < 4.78 is 39.9. The Bertz CT molecular complexity index is 1020. The summed E-state index contributed by atoms with van der Waals surface area (Å²) in [6, 6.07) is 12.2. The van der Waals surface area contributed by atoms with E-state index in [9.17, 15) is 17.6 Å². The van der Waals surface area contributed by atoms with Gasteiger partial charge in [0.25, 0.3) is 0 Å². The lowest BCUT2D eigenvalue weighted by atomic mass is 10.3. The summed E-state index contributed by atoms with van der Waals surface area (Å²) in [4.78, 5) is 16.4. The minimum absolute atomic E-state index is 0.0188. The molecule has 0 radical (unpaired) electrons. The smallest absolute Gasteiger partial charge is 0.242 e. The third-order valence-electron chi connectivity index (χ3n) is 3.94. The normalized spacial score (nSPS) is 11.8. The fourth-order valence-corrected chi connectivity index (χ4v) is 4.57. The van der Waals surface area contributed by atoms with Crippen molar-refractivity contribution in [1.29, 1.82) is 0 Å². The van der Waals surface area contributed by atoms with Crippen molar-refractivity contribution in [3.8, 4) is 0 Å². The lowest BCUT2D eigenvalue weighted by Crippen LogP contribution is -2.28. The third-order valence-corrected chi connectivity index (χ3v) is 6.76. The summed E-state index contributed by atoms with van der Waals surface area (Å²) in [7, 11) is -2.27. The Morgan fingerprint density at radius 3 is 2.59 bits per heavy atom. The number of carbonyl (C=O) groups excluding carboxylic acids is 1. The van der Waals surface area contributed by atoms with Gasteiger partial charge in [0, 0.05) is 20.0 Å². The minimum Gasteiger partial charge on any atom is -0.302 e. The summed E-state index contributed by atoms with van der Waals surface area (Å²) in [6.07, 6.45) is 0.521. The van der Waals surface area contributed by atoms with Gasteiger partial charge in [0.2, 0.25) is 15.9 Å². The van der Waals surface area contributed by atoms with Gasteiger partial charge in [0.15, 0.2) is 5.13 Å². The van der Waals surface area contributed by atoms with E-state index in [1.165, 1.54) is 30.5 Å². The van der Waals surface area contributed by atoms with Gasteiger partial charge >= 0.3 is 0 Å². The number of nitrogens with one attached hydrogen (secondary N) is 1. The van der Waals surface area contributed by atoms with Crippen molar-refractivity contribution in [2.75, 3.05) is 18.9 Å². The second kappa shape index (κ2) is 8.12. The highest BCUT2D eigenvalue weighted by atomic mass is 32.2. The minimum atomic E-state index is -3.71. The number of rotatable bonds is 7. The molecule has 1 heterocycles. The van der Waals surface area contributed by atoms with Crippen LogP contribution in [0.3, 0.4) is 0 Å². The van der Waals surface area contributed by atoms with Crippen LogP contribution in [0.4, 0.5) is 9.52 Å². The van der Waals surface area contributed by atoms with E-state index in [-0.39, 0.29) is 23.8 Å². The van der Waals surface area contributed by atoms with E-state index < -0.39 is 15.8 Å². The van der Waals surface area contributed by atoms with E-state index in [1.807, 2.05) is 24.3 Å². The molecule has 3 aromatic rings. The topological polar surface area (TPSA) is 79.4 Å². The van der Waals surface area contributed by atoms with Gasteiger partial charge < -0.3 is 5.32 Å². The Morgan fingerprint density at radius 1 is 1.19 bits per heavy atom. The van der Waals surface area contributed by atoms with Gasteiger partial charge in [0.1, 0.15) is 5.82 Å². The number of carbonyl (C=O) groups is 1. The number of sulfonamides is 1. The second-order valence-corrected chi connectivity index (χ2v) is 8.99. The fourth-order valence-electron chi connectivity index (χ4n) is 2.48.